The second-order valence-electron chi connectivity index (χ2n) is 5.04. The molecule has 2 aromatic carbocycles. The fourth-order valence-corrected chi connectivity index (χ4v) is 2.57. The van der Waals surface area contributed by atoms with Gasteiger partial charge in [0.25, 0.3) is 0 Å². The van der Waals surface area contributed by atoms with Crippen molar-refractivity contribution in [3.05, 3.63) is 69.9 Å². The summed E-state index contributed by atoms with van der Waals surface area (Å²) in [5.74, 6) is -0.210. The van der Waals surface area contributed by atoms with Crippen LogP contribution < -0.4 is 5.32 Å². The van der Waals surface area contributed by atoms with Crippen molar-refractivity contribution in [2.24, 2.45) is 0 Å². The second-order valence-corrected chi connectivity index (χ2v) is 5.90. The molecular formula is C17H19BrFN. The molecule has 3 heteroatoms. The first kappa shape index (κ1) is 15.2. The molecule has 0 aliphatic heterocycles. The molecule has 1 unspecified atom stereocenters. The monoisotopic (exact) mass is 335 g/mol. The Morgan fingerprint density at radius 2 is 1.90 bits per heavy atom. The molecule has 20 heavy (non-hydrogen) atoms. The molecular weight excluding hydrogens is 317 g/mol. The van der Waals surface area contributed by atoms with Gasteiger partial charge in [-0.2, -0.15) is 0 Å². The van der Waals surface area contributed by atoms with Crippen molar-refractivity contribution < 1.29 is 4.39 Å². The Labute approximate surface area is 128 Å². The first-order chi connectivity index (χ1) is 9.65. The van der Waals surface area contributed by atoms with Crippen molar-refractivity contribution in [2.75, 3.05) is 0 Å². The van der Waals surface area contributed by atoms with Gasteiger partial charge in [-0.05, 0) is 43.0 Å². The molecule has 1 nitrogen and oxygen atoms in total. The molecule has 0 aliphatic carbocycles. The first-order valence-electron chi connectivity index (χ1n) is 6.86. The van der Waals surface area contributed by atoms with Crippen LogP contribution in [0.2, 0.25) is 0 Å². The molecule has 0 fully saturated rings. The van der Waals surface area contributed by atoms with E-state index in [0.717, 1.165) is 29.4 Å². The van der Waals surface area contributed by atoms with Gasteiger partial charge in [-0.3, -0.25) is 0 Å². The lowest BCUT2D eigenvalue weighted by molar-refractivity contribution is 0.513. The molecule has 106 valence electrons. The molecule has 2 rings (SSSR count). The van der Waals surface area contributed by atoms with Gasteiger partial charge in [-0.15, -0.1) is 0 Å². The normalized spacial score (nSPS) is 12.3. The van der Waals surface area contributed by atoms with Crippen LogP contribution in [-0.4, -0.2) is 6.04 Å². The minimum atomic E-state index is -0.210. The third-order valence-corrected chi connectivity index (χ3v) is 4.10. The molecule has 1 N–H and O–H groups in total. The van der Waals surface area contributed by atoms with Crippen molar-refractivity contribution in [3.63, 3.8) is 0 Å². The lowest BCUT2D eigenvalue weighted by Gasteiger charge is -2.14. The zero-order valence-corrected chi connectivity index (χ0v) is 13.2. The Morgan fingerprint density at radius 1 is 1.15 bits per heavy atom. The maximum Gasteiger partial charge on any atom is 0.124 e. The van der Waals surface area contributed by atoms with Crippen LogP contribution in [0.5, 0.6) is 0 Å². The molecule has 0 aromatic heterocycles. The fraction of sp³-hybridized carbons (Fsp3) is 0.294. The van der Waals surface area contributed by atoms with Gasteiger partial charge in [0.05, 0.1) is 0 Å². The van der Waals surface area contributed by atoms with Crippen molar-refractivity contribution in [1.82, 2.24) is 5.32 Å². The lowest BCUT2D eigenvalue weighted by Crippen LogP contribution is -2.26. The van der Waals surface area contributed by atoms with E-state index in [0.29, 0.717) is 6.04 Å². The lowest BCUT2D eigenvalue weighted by atomic mass is 10.1. The Balaban J connectivity index is 1.79. The summed E-state index contributed by atoms with van der Waals surface area (Å²) < 4.78 is 13.8. The highest BCUT2D eigenvalue weighted by atomic mass is 79.9. The molecule has 2 aromatic rings. The smallest absolute Gasteiger partial charge is 0.124 e. The Kier molecular flexibility index (Phi) is 5.74. The van der Waals surface area contributed by atoms with Gasteiger partial charge in [0.1, 0.15) is 5.82 Å². The number of hydrogen-bond acceptors (Lipinski definition) is 1. The topological polar surface area (TPSA) is 12.0 Å². The third-order valence-electron chi connectivity index (χ3n) is 3.36. The van der Waals surface area contributed by atoms with E-state index in [1.807, 2.05) is 12.1 Å². The SMILES string of the molecule is CC(CCc1ccccc1)NCc1ccc(F)cc1Br. The highest BCUT2D eigenvalue weighted by Crippen LogP contribution is 2.18. The standard InChI is InChI=1S/C17H19BrFN/c1-13(7-8-14-5-3-2-4-6-14)20-12-15-9-10-16(19)11-17(15)18/h2-6,9-11,13,20H,7-8,12H2,1H3. The van der Waals surface area contributed by atoms with E-state index in [1.54, 1.807) is 0 Å². The minimum Gasteiger partial charge on any atom is -0.310 e. The van der Waals surface area contributed by atoms with Crippen LogP contribution >= 0.6 is 15.9 Å². The number of aryl methyl sites for hydroxylation is 1. The van der Waals surface area contributed by atoms with E-state index in [2.05, 4.69) is 52.4 Å². The Morgan fingerprint density at radius 3 is 2.60 bits per heavy atom. The largest absolute Gasteiger partial charge is 0.310 e. The van der Waals surface area contributed by atoms with E-state index in [1.165, 1.54) is 17.7 Å². The summed E-state index contributed by atoms with van der Waals surface area (Å²) in [4.78, 5) is 0. The molecule has 0 amide bonds. The van der Waals surface area contributed by atoms with Gasteiger partial charge < -0.3 is 5.32 Å². The number of hydrogen-bond donors (Lipinski definition) is 1. The van der Waals surface area contributed by atoms with E-state index in [-0.39, 0.29) is 5.82 Å². The van der Waals surface area contributed by atoms with Gasteiger partial charge >= 0.3 is 0 Å². The Hall–Kier alpha value is -1.19. The van der Waals surface area contributed by atoms with Crippen LogP contribution in [0.1, 0.15) is 24.5 Å². The fourth-order valence-electron chi connectivity index (χ4n) is 2.08. The van der Waals surface area contributed by atoms with Crippen molar-refractivity contribution >= 4 is 15.9 Å². The molecule has 1 atom stereocenters. The van der Waals surface area contributed by atoms with Gasteiger partial charge in [-0.1, -0.05) is 52.3 Å². The van der Waals surface area contributed by atoms with E-state index >= 15 is 0 Å². The van der Waals surface area contributed by atoms with Crippen LogP contribution in [0, 0.1) is 5.82 Å². The van der Waals surface area contributed by atoms with Gasteiger partial charge in [0.2, 0.25) is 0 Å². The number of nitrogens with one attached hydrogen (secondary N) is 1. The number of benzene rings is 2. The summed E-state index contributed by atoms with van der Waals surface area (Å²) >= 11 is 3.39. The first-order valence-corrected chi connectivity index (χ1v) is 7.65. The molecule has 0 saturated heterocycles. The zero-order chi connectivity index (χ0) is 14.4. The molecule has 0 aliphatic rings. The third kappa shape index (κ3) is 4.73. The van der Waals surface area contributed by atoms with Crippen molar-refractivity contribution in [3.8, 4) is 0 Å². The van der Waals surface area contributed by atoms with Gasteiger partial charge in [0, 0.05) is 17.1 Å². The maximum absolute atomic E-state index is 13.0. The predicted octanol–water partition coefficient (Wildman–Crippen LogP) is 4.70. The summed E-state index contributed by atoms with van der Waals surface area (Å²) in [5.41, 5.74) is 2.45. The molecule has 0 heterocycles. The predicted molar refractivity (Wildman–Crippen MR) is 85.2 cm³/mol. The summed E-state index contributed by atoms with van der Waals surface area (Å²) in [7, 11) is 0. The van der Waals surface area contributed by atoms with Crippen LogP contribution in [0.25, 0.3) is 0 Å². The van der Waals surface area contributed by atoms with Crippen LogP contribution in [0.15, 0.2) is 53.0 Å². The molecule has 0 saturated carbocycles. The number of rotatable bonds is 6. The molecule has 0 bridgehead atoms. The highest BCUT2D eigenvalue weighted by molar-refractivity contribution is 9.10. The van der Waals surface area contributed by atoms with Crippen LogP contribution in [0.3, 0.4) is 0 Å². The highest BCUT2D eigenvalue weighted by Gasteiger charge is 2.05. The average Bonchev–Trinajstić information content (AvgIpc) is 2.45. The second kappa shape index (κ2) is 7.55. The minimum absolute atomic E-state index is 0.210. The van der Waals surface area contributed by atoms with Gasteiger partial charge in [-0.25, -0.2) is 4.39 Å². The molecule has 0 spiro atoms. The summed E-state index contributed by atoms with van der Waals surface area (Å²) in [5, 5.41) is 3.48. The summed E-state index contributed by atoms with van der Waals surface area (Å²) in [6.07, 6.45) is 2.16. The summed E-state index contributed by atoms with van der Waals surface area (Å²) in [6.45, 7) is 2.93. The van der Waals surface area contributed by atoms with Crippen LogP contribution in [0.4, 0.5) is 4.39 Å². The van der Waals surface area contributed by atoms with E-state index in [4.69, 9.17) is 0 Å². The quantitative estimate of drug-likeness (QED) is 0.806. The van der Waals surface area contributed by atoms with E-state index < -0.39 is 0 Å². The van der Waals surface area contributed by atoms with Gasteiger partial charge in [0.15, 0.2) is 0 Å². The molecule has 0 radical (unpaired) electrons. The average molecular weight is 336 g/mol. The Bertz CT molecular complexity index is 542. The maximum atomic E-state index is 13.0. The van der Waals surface area contributed by atoms with Crippen molar-refractivity contribution in [2.45, 2.75) is 32.4 Å². The number of halogens is 2. The van der Waals surface area contributed by atoms with E-state index in [9.17, 15) is 4.39 Å². The van der Waals surface area contributed by atoms with Crippen LogP contribution in [-0.2, 0) is 13.0 Å². The summed E-state index contributed by atoms with van der Waals surface area (Å²) in [6, 6.07) is 15.7. The zero-order valence-electron chi connectivity index (χ0n) is 11.6. The van der Waals surface area contributed by atoms with Crippen molar-refractivity contribution in [1.29, 1.82) is 0 Å².